The normalized spacial score (nSPS) is 10.2. The zero-order chi connectivity index (χ0) is 16.5. The number of esters is 2. The monoisotopic (exact) mass is 308 g/mol. The maximum Gasteiger partial charge on any atom is 0.339 e. The van der Waals surface area contributed by atoms with Crippen molar-refractivity contribution in [3.63, 3.8) is 0 Å². The van der Waals surface area contributed by atoms with Crippen molar-refractivity contribution in [2.75, 3.05) is 13.2 Å². The molecule has 0 fully saturated rings. The quantitative estimate of drug-likeness (QED) is 0.428. The zero-order valence-electron chi connectivity index (χ0n) is 11.2. The van der Waals surface area contributed by atoms with Crippen molar-refractivity contribution in [2.45, 2.75) is 0 Å². The summed E-state index contributed by atoms with van der Waals surface area (Å²) in [5.74, 6) is -4.33. The van der Waals surface area contributed by atoms with Crippen LogP contribution in [0.25, 0.3) is 0 Å². The molecule has 0 aliphatic rings. The Labute approximate surface area is 124 Å². The molecule has 0 heterocycles. The van der Waals surface area contributed by atoms with Crippen LogP contribution in [0, 0.1) is 0 Å². The summed E-state index contributed by atoms with van der Waals surface area (Å²) in [5, 5.41) is 17.2. The molecule has 0 saturated heterocycles. The Kier molecular flexibility index (Phi) is 6.30. The van der Waals surface area contributed by atoms with E-state index in [0.29, 0.717) is 12.2 Å². The molecule has 2 N–H and O–H groups in total. The van der Waals surface area contributed by atoms with Gasteiger partial charge in [-0.3, -0.25) is 0 Å². The highest BCUT2D eigenvalue weighted by Crippen LogP contribution is 2.10. The van der Waals surface area contributed by atoms with Crippen molar-refractivity contribution in [3.05, 3.63) is 47.5 Å². The average molecular weight is 308 g/mol. The minimum atomic E-state index is -1.30. The molecule has 0 radical (unpaired) electrons. The summed E-state index contributed by atoms with van der Waals surface area (Å²) in [6.45, 7) is -0.580. The molecule has 0 saturated carbocycles. The van der Waals surface area contributed by atoms with Crippen molar-refractivity contribution in [1.29, 1.82) is 0 Å². The van der Waals surface area contributed by atoms with Crippen LogP contribution in [0.4, 0.5) is 0 Å². The van der Waals surface area contributed by atoms with Crippen molar-refractivity contribution in [3.8, 4) is 0 Å². The minimum absolute atomic E-state index is 0.118. The van der Waals surface area contributed by atoms with Gasteiger partial charge in [0.25, 0.3) is 0 Å². The maximum absolute atomic E-state index is 11.7. The van der Waals surface area contributed by atoms with E-state index < -0.39 is 23.9 Å². The van der Waals surface area contributed by atoms with Gasteiger partial charge in [0.05, 0.1) is 11.1 Å². The first-order chi connectivity index (χ1) is 10.4. The number of ether oxygens (including phenoxy) is 2. The molecule has 116 valence electrons. The van der Waals surface area contributed by atoms with Crippen molar-refractivity contribution < 1.29 is 38.9 Å². The summed E-state index contributed by atoms with van der Waals surface area (Å²) in [7, 11) is 0. The van der Waals surface area contributed by atoms with Crippen molar-refractivity contribution >= 4 is 23.9 Å². The van der Waals surface area contributed by atoms with Crippen LogP contribution in [0.1, 0.15) is 20.7 Å². The van der Waals surface area contributed by atoms with Crippen LogP contribution >= 0.6 is 0 Å². The van der Waals surface area contributed by atoms with Crippen molar-refractivity contribution in [1.82, 2.24) is 0 Å². The predicted molar refractivity (Wildman–Crippen MR) is 71.4 cm³/mol. The third-order valence-corrected chi connectivity index (χ3v) is 2.30. The molecule has 1 rings (SSSR count). The second-order valence-electron chi connectivity index (χ2n) is 3.83. The lowest BCUT2D eigenvalue weighted by atomic mass is 10.1. The van der Waals surface area contributed by atoms with Gasteiger partial charge in [-0.1, -0.05) is 12.1 Å². The number of rotatable bonds is 7. The van der Waals surface area contributed by atoms with E-state index in [1.165, 1.54) is 24.3 Å². The number of carboxylic acid groups (broad SMARTS) is 2. The number of carbonyl (C=O) groups is 4. The van der Waals surface area contributed by atoms with E-state index in [2.05, 4.69) is 4.74 Å². The Balaban J connectivity index is 2.46. The molecule has 0 aromatic heterocycles. The molecule has 22 heavy (non-hydrogen) atoms. The van der Waals surface area contributed by atoms with Gasteiger partial charge in [0.2, 0.25) is 0 Å². The van der Waals surface area contributed by atoms with Gasteiger partial charge >= 0.3 is 23.9 Å². The van der Waals surface area contributed by atoms with Crippen LogP contribution in [0.2, 0.25) is 0 Å². The fourth-order valence-electron chi connectivity index (χ4n) is 1.39. The second-order valence-corrected chi connectivity index (χ2v) is 3.83. The first kappa shape index (κ1) is 16.9. The van der Waals surface area contributed by atoms with Crippen LogP contribution in [0.3, 0.4) is 0 Å². The Morgan fingerprint density at radius 1 is 0.909 bits per heavy atom. The predicted octanol–water partition coefficient (Wildman–Crippen LogP) is 0.726. The third-order valence-electron chi connectivity index (χ3n) is 2.30. The van der Waals surface area contributed by atoms with E-state index in [4.69, 9.17) is 14.9 Å². The molecule has 0 amide bonds. The number of aliphatic carboxylic acids is 1. The minimum Gasteiger partial charge on any atom is -0.478 e. The fraction of sp³-hybridized carbons (Fsp3) is 0.143. The molecular formula is C14H12O8. The third kappa shape index (κ3) is 5.45. The Morgan fingerprint density at radius 3 is 2.09 bits per heavy atom. The largest absolute Gasteiger partial charge is 0.478 e. The van der Waals surface area contributed by atoms with Gasteiger partial charge in [-0.25, -0.2) is 19.2 Å². The summed E-state index contributed by atoms with van der Waals surface area (Å²) in [4.78, 5) is 43.8. The average Bonchev–Trinajstić information content (AvgIpc) is 2.49. The van der Waals surface area contributed by atoms with Gasteiger partial charge in [0.15, 0.2) is 0 Å². The smallest absolute Gasteiger partial charge is 0.339 e. The lowest BCUT2D eigenvalue weighted by Gasteiger charge is -2.07. The van der Waals surface area contributed by atoms with Gasteiger partial charge in [0.1, 0.15) is 13.2 Å². The van der Waals surface area contributed by atoms with Gasteiger partial charge < -0.3 is 19.7 Å². The Morgan fingerprint density at radius 2 is 1.50 bits per heavy atom. The molecule has 0 spiro atoms. The van der Waals surface area contributed by atoms with Crippen LogP contribution in [0.5, 0.6) is 0 Å². The zero-order valence-corrected chi connectivity index (χ0v) is 11.2. The molecule has 0 aliphatic carbocycles. The summed E-state index contributed by atoms with van der Waals surface area (Å²) in [6.07, 6.45) is 1.32. The van der Waals surface area contributed by atoms with Crippen LogP contribution in [-0.4, -0.2) is 47.3 Å². The number of hydrogen-bond donors (Lipinski definition) is 2. The second kappa shape index (κ2) is 8.20. The first-order valence-electron chi connectivity index (χ1n) is 5.99. The number of carbonyl (C=O) groups excluding carboxylic acids is 2. The molecule has 8 nitrogen and oxygen atoms in total. The molecule has 1 aromatic carbocycles. The molecular weight excluding hydrogens is 296 g/mol. The number of aromatic carboxylic acids is 1. The summed E-state index contributed by atoms with van der Waals surface area (Å²) in [6, 6.07) is 5.51. The molecule has 0 atom stereocenters. The van der Waals surface area contributed by atoms with Gasteiger partial charge in [0, 0.05) is 12.2 Å². The van der Waals surface area contributed by atoms with E-state index in [-0.39, 0.29) is 24.3 Å². The standard InChI is InChI=1S/C14H12O8/c15-11(16)5-6-12(17)21-7-8-22-14(20)10-4-2-1-3-9(10)13(18)19/h1-6H,7-8H2,(H,15,16)(H,18,19)/b6-5-. The fourth-order valence-corrected chi connectivity index (χ4v) is 1.39. The molecule has 0 bridgehead atoms. The SMILES string of the molecule is O=C(O)/C=C\C(=O)OCCOC(=O)c1ccccc1C(=O)O. The summed E-state index contributed by atoms with van der Waals surface area (Å²) < 4.78 is 9.35. The lowest BCUT2D eigenvalue weighted by Crippen LogP contribution is -2.15. The number of carboxylic acids is 2. The Bertz CT molecular complexity index is 617. The van der Waals surface area contributed by atoms with E-state index in [1.54, 1.807) is 0 Å². The molecule has 1 aromatic rings. The molecule has 0 aliphatic heterocycles. The summed E-state index contributed by atoms with van der Waals surface area (Å²) >= 11 is 0. The highest BCUT2D eigenvalue weighted by Gasteiger charge is 2.16. The number of benzene rings is 1. The van der Waals surface area contributed by atoms with E-state index >= 15 is 0 Å². The van der Waals surface area contributed by atoms with Gasteiger partial charge in [-0.05, 0) is 12.1 Å². The highest BCUT2D eigenvalue weighted by atomic mass is 16.6. The Hall–Kier alpha value is -3.16. The molecule has 0 unspecified atom stereocenters. The first-order valence-corrected chi connectivity index (χ1v) is 5.99. The maximum atomic E-state index is 11.7. The topological polar surface area (TPSA) is 127 Å². The van der Waals surface area contributed by atoms with Crippen LogP contribution in [-0.2, 0) is 19.1 Å². The van der Waals surface area contributed by atoms with E-state index in [1.807, 2.05) is 0 Å². The number of hydrogen-bond acceptors (Lipinski definition) is 6. The lowest BCUT2D eigenvalue weighted by molar-refractivity contribution is -0.139. The van der Waals surface area contributed by atoms with Gasteiger partial charge in [-0.2, -0.15) is 0 Å². The van der Waals surface area contributed by atoms with Crippen molar-refractivity contribution in [2.24, 2.45) is 0 Å². The van der Waals surface area contributed by atoms with Crippen LogP contribution < -0.4 is 0 Å². The van der Waals surface area contributed by atoms with Gasteiger partial charge in [-0.15, -0.1) is 0 Å². The molecule has 8 heteroatoms. The van der Waals surface area contributed by atoms with Crippen LogP contribution in [0.15, 0.2) is 36.4 Å². The summed E-state index contributed by atoms with van der Waals surface area (Å²) in [5.41, 5.74) is -0.319. The highest BCUT2D eigenvalue weighted by molar-refractivity contribution is 6.02. The van der Waals surface area contributed by atoms with E-state index in [9.17, 15) is 19.2 Å². The van der Waals surface area contributed by atoms with E-state index in [0.717, 1.165) is 0 Å².